The number of rotatable bonds is 5. The third kappa shape index (κ3) is 5.24. The Kier molecular flexibility index (Phi) is 6.84. The molecule has 0 aliphatic heterocycles. The molecule has 0 bridgehead atoms. The molecule has 1 aromatic carbocycles. The van der Waals surface area contributed by atoms with E-state index in [0.717, 1.165) is 48.2 Å². The first kappa shape index (κ1) is 23.1. The molecular formula is C28H29FN4O2. The van der Waals surface area contributed by atoms with E-state index < -0.39 is 0 Å². The number of ether oxygens (including phenoxy) is 1. The van der Waals surface area contributed by atoms with Crippen molar-refractivity contribution in [1.29, 1.82) is 0 Å². The maximum Gasteiger partial charge on any atom is 0.407 e. The zero-order valence-corrected chi connectivity index (χ0v) is 19.7. The number of pyridine rings is 1. The van der Waals surface area contributed by atoms with Gasteiger partial charge >= 0.3 is 6.09 Å². The van der Waals surface area contributed by atoms with Gasteiger partial charge in [0, 0.05) is 29.9 Å². The summed E-state index contributed by atoms with van der Waals surface area (Å²) >= 11 is 0. The van der Waals surface area contributed by atoms with E-state index in [2.05, 4.69) is 32.4 Å². The molecule has 180 valence electrons. The van der Waals surface area contributed by atoms with Crippen LogP contribution >= 0.6 is 0 Å². The van der Waals surface area contributed by atoms with Crippen molar-refractivity contribution in [3.63, 3.8) is 0 Å². The zero-order chi connectivity index (χ0) is 24.2. The topological polar surface area (TPSA) is 77.0 Å². The van der Waals surface area contributed by atoms with Crippen molar-refractivity contribution in [2.24, 2.45) is 11.8 Å². The van der Waals surface area contributed by atoms with Crippen LogP contribution in [0.3, 0.4) is 0 Å². The molecule has 0 saturated heterocycles. The van der Waals surface area contributed by atoms with E-state index in [1.54, 1.807) is 18.6 Å². The van der Waals surface area contributed by atoms with E-state index in [-0.39, 0.29) is 23.9 Å². The van der Waals surface area contributed by atoms with E-state index in [0.29, 0.717) is 18.4 Å². The van der Waals surface area contributed by atoms with Gasteiger partial charge in [0.25, 0.3) is 0 Å². The minimum atomic E-state index is -0.334. The van der Waals surface area contributed by atoms with Gasteiger partial charge in [0.15, 0.2) is 0 Å². The van der Waals surface area contributed by atoms with Crippen LogP contribution in [0.25, 0.3) is 17.2 Å². The summed E-state index contributed by atoms with van der Waals surface area (Å²) in [7, 11) is 0. The highest BCUT2D eigenvalue weighted by Crippen LogP contribution is 2.46. The third-order valence-corrected chi connectivity index (χ3v) is 7.14. The number of alkyl carbamates (subject to hydrolysis) is 1. The van der Waals surface area contributed by atoms with Crippen molar-refractivity contribution in [1.82, 2.24) is 20.3 Å². The summed E-state index contributed by atoms with van der Waals surface area (Å²) in [4.78, 5) is 25.4. The number of amides is 1. The number of carbonyl (C=O) groups excluding carboxylic acids is 1. The van der Waals surface area contributed by atoms with Gasteiger partial charge in [-0.3, -0.25) is 4.98 Å². The van der Waals surface area contributed by atoms with Gasteiger partial charge in [0.05, 0.1) is 18.0 Å². The average Bonchev–Trinajstić information content (AvgIpc) is 2.87. The Morgan fingerprint density at radius 3 is 2.89 bits per heavy atom. The third-order valence-electron chi connectivity index (χ3n) is 7.14. The van der Waals surface area contributed by atoms with Crippen LogP contribution in [0.4, 0.5) is 9.18 Å². The molecule has 1 saturated carbocycles. The summed E-state index contributed by atoms with van der Waals surface area (Å²) in [6.07, 6.45) is 13.0. The van der Waals surface area contributed by atoms with Crippen molar-refractivity contribution < 1.29 is 13.9 Å². The highest BCUT2D eigenvalue weighted by molar-refractivity contribution is 5.67. The van der Waals surface area contributed by atoms with Crippen LogP contribution in [0.5, 0.6) is 0 Å². The van der Waals surface area contributed by atoms with Gasteiger partial charge in [0.1, 0.15) is 12.1 Å². The number of nitrogens with zero attached hydrogens (tertiary/aromatic N) is 3. The number of fused-ring (bicyclic) bond motifs is 2. The van der Waals surface area contributed by atoms with Gasteiger partial charge in [-0.2, -0.15) is 0 Å². The molecule has 7 heteroatoms. The number of aromatic nitrogens is 3. The van der Waals surface area contributed by atoms with E-state index in [1.165, 1.54) is 17.7 Å². The van der Waals surface area contributed by atoms with Gasteiger partial charge in [-0.1, -0.05) is 24.3 Å². The second-order valence-electron chi connectivity index (χ2n) is 9.30. The summed E-state index contributed by atoms with van der Waals surface area (Å²) in [5.74, 6) is 0.791. The Hall–Kier alpha value is -3.61. The van der Waals surface area contributed by atoms with E-state index >= 15 is 0 Å². The number of allylic oxidation sites excluding steroid dienone is 1. The molecular weight excluding hydrogens is 443 g/mol. The SMILES string of the molecule is CCOC(=O)N[C@@H]1CC[C@@H]2[C@H](Cc3cncnc3[C@H]2/C=C/c2ccc(-c3cccc(F)c3)cn2)C1. The molecule has 5 rings (SSSR count). The number of hydrogen-bond acceptors (Lipinski definition) is 5. The summed E-state index contributed by atoms with van der Waals surface area (Å²) in [5.41, 5.74) is 4.80. The smallest absolute Gasteiger partial charge is 0.407 e. The lowest BCUT2D eigenvalue weighted by Gasteiger charge is -2.43. The molecule has 0 unspecified atom stereocenters. The molecule has 1 N–H and O–H groups in total. The normalized spacial score (nSPS) is 23.4. The number of hydrogen-bond donors (Lipinski definition) is 1. The molecule has 1 fully saturated rings. The molecule has 35 heavy (non-hydrogen) atoms. The summed E-state index contributed by atoms with van der Waals surface area (Å²) in [6, 6.07) is 10.6. The number of halogens is 1. The first-order valence-corrected chi connectivity index (χ1v) is 12.2. The van der Waals surface area contributed by atoms with Crippen molar-refractivity contribution in [2.75, 3.05) is 6.61 Å². The Morgan fingerprint density at radius 1 is 1.17 bits per heavy atom. The van der Waals surface area contributed by atoms with Crippen LogP contribution < -0.4 is 5.32 Å². The molecule has 4 atom stereocenters. The van der Waals surface area contributed by atoms with Gasteiger partial charge < -0.3 is 10.1 Å². The fourth-order valence-electron chi connectivity index (χ4n) is 5.55. The fraction of sp³-hybridized carbons (Fsp3) is 0.357. The van der Waals surface area contributed by atoms with Gasteiger partial charge in [0.2, 0.25) is 0 Å². The lowest BCUT2D eigenvalue weighted by molar-refractivity contribution is 0.128. The highest BCUT2D eigenvalue weighted by atomic mass is 19.1. The quantitative estimate of drug-likeness (QED) is 0.526. The first-order chi connectivity index (χ1) is 17.1. The number of nitrogens with one attached hydrogen (secondary N) is 1. The van der Waals surface area contributed by atoms with Crippen LogP contribution in [-0.4, -0.2) is 33.7 Å². The van der Waals surface area contributed by atoms with Gasteiger partial charge in [-0.15, -0.1) is 0 Å². The molecule has 0 spiro atoms. The number of carbonyl (C=O) groups is 1. The summed E-state index contributed by atoms with van der Waals surface area (Å²) < 4.78 is 18.6. The lowest BCUT2D eigenvalue weighted by Crippen LogP contribution is -2.44. The van der Waals surface area contributed by atoms with Crippen LogP contribution in [0, 0.1) is 17.7 Å². The average molecular weight is 473 g/mol. The molecule has 2 heterocycles. The monoisotopic (exact) mass is 472 g/mol. The molecule has 1 amide bonds. The minimum absolute atomic E-state index is 0.128. The maximum atomic E-state index is 13.6. The molecule has 2 aromatic heterocycles. The van der Waals surface area contributed by atoms with Crippen molar-refractivity contribution in [2.45, 2.75) is 44.6 Å². The Morgan fingerprint density at radius 2 is 2.09 bits per heavy atom. The zero-order valence-electron chi connectivity index (χ0n) is 19.7. The molecule has 2 aliphatic rings. The lowest BCUT2D eigenvalue weighted by atomic mass is 9.64. The summed E-state index contributed by atoms with van der Waals surface area (Å²) in [6.45, 7) is 2.19. The minimum Gasteiger partial charge on any atom is -0.450 e. The second-order valence-corrected chi connectivity index (χ2v) is 9.30. The fourth-order valence-corrected chi connectivity index (χ4v) is 5.55. The standard InChI is InChI=1S/C28H29FN4O2/c1-2-35-28(34)33-24-9-10-25-20(14-24)12-21-15-30-17-32-27(21)26(25)11-8-23-7-6-19(16-31-23)18-4-3-5-22(29)13-18/h3-8,11,13,15-17,20,24-26H,2,9-10,12,14H2,1H3,(H,33,34)/b11-8+/t20-,24-,25-,26+/m1/s1. The Labute approximate surface area is 204 Å². The van der Waals surface area contributed by atoms with Gasteiger partial charge in [-0.25, -0.2) is 19.2 Å². The maximum absolute atomic E-state index is 13.6. The first-order valence-electron chi connectivity index (χ1n) is 12.2. The molecule has 3 aromatic rings. The molecule has 2 aliphatic carbocycles. The molecule has 0 radical (unpaired) electrons. The Balaban J connectivity index is 1.34. The summed E-state index contributed by atoms with van der Waals surface area (Å²) in [5, 5.41) is 3.03. The van der Waals surface area contributed by atoms with Crippen LogP contribution in [0.1, 0.15) is 49.1 Å². The van der Waals surface area contributed by atoms with Crippen molar-refractivity contribution >= 4 is 12.2 Å². The predicted molar refractivity (Wildman–Crippen MR) is 132 cm³/mol. The van der Waals surface area contributed by atoms with Crippen LogP contribution in [0.2, 0.25) is 0 Å². The Bertz CT molecular complexity index is 1210. The van der Waals surface area contributed by atoms with Crippen LogP contribution in [0.15, 0.2) is 61.2 Å². The van der Waals surface area contributed by atoms with Crippen molar-refractivity contribution in [3.05, 3.63) is 84.0 Å². The highest BCUT2D eigenvalue weighted by Gasteiger charge is 2.40. The van der Waals surface area contributed by atoms with Crippen LogP contribution in [-0.2, 0) is 11.2 Å². The largest absolute Gasteiger partial charge is 0.450 e. The molecule has 6 nitrogen and oxygen atoms in total. The number of benzene rings is 1. The van der Waals surface area contributed by atoms with Crippen molar-refractivity contribution in [3.8, 4) is 11.1 Å². The van der Waals surface area contributed by atoms with E-state index in [4.69, 9.17) is 4.74 Å². The second kappa shape index (κ2) is 10.3. The van der Waals surface area contributed by atoms with Gasteiger partial charge in [-0.05, 0) is 79.8 Å². The van der Waals surface area contributed by atoms with E-state index in [9.17, 15) is 9.18 Å². The van der Waals surface area contributed by atoms with E-state index in [1.807, 2.05) is 31.3 Å². The predicted octanol–water partition coefficient (Wildman–Crippen LogP) is 5.56.